The average molecular weight is 271 g/mol. The summed E-state index contributed by atoms with van der Waals surface area (Å²) >= 11 is 0. The van der Waals surface area contributed by atoms with E-state index in [0.29, 0.717) is 18.4 Å². The van der Waals surface area contributed by atoms with Gasteiger partial charge in [-0.3, -0.25) is 4.79 Å². The summed E-state index contributed by atoms with van der Waals surface area (Å²) in [4.78, 5) is 14.7. The van der Waals surface area contributed by atoms with Gasteiger partial charge in [-0.15, -0.1) is 0 Å². The molecule has 4 rings (SSSR count). The van der Waals surface area contributed by atoms with Crippen LogP contribution in [0.1, 0.15) is 24.0 Å². The summed E-state index contributed by atoms with van der Waals surface area (Å²) in [7, 11) is 0. The Morgan fingerprint density at radius 3 is 2.90 bits per heavy atom. The fourth-order valence-corrected chi connectivity index (χ4v) is 3.93. The monoisotopic (exact) mass is 271 g/mol. The maximum absolute atomic E-state index is 12.6. The number of rotatable bonds is 1. The van der Waals surface area contributed by atoms with Gasteiger partial charge in [-0.25, -0.2) is 0 Å². The summed E-state index contributed by atoms with van der Waals surface area (Å²) in [6.07, 6.45) is 3.70. The zero-order valence-corrected chi connectivity index (χ0v) is 11.7. The highest BCUT2D eigenvalue weighted by Gasteiger charge is 2.40. The van der Waals surface area contributed by atoms with Crippen molar-refractivity contribution in [2.75, 3.05) is 24.5 Å². The fourth-order valence-electron chi connectivity index (χ4n) is 3.93. The van der Waals surface area contributed by atoms with E-state index in [1.54, 1.807) is 0 Å². The Labute approximate surface area is 119 Å². The van der Waals surface area contributed by atoms with Gasteiger partial charge in [0.15, 0.2) is 0 Å². The quantitative estimate of drug-likeness (QED) is 0.795. The first-order valence-corrected chi connectivity index (χ1v) is 7.71. The predicted molar refractivity (Wildman–Crippen MR) is 79.0 cm³/mol. The zero-order valence-electron chi connectivity index (χ0n) is 11.7. The molecule has 2 unspecified atom stereocenters. The van der Waals surface area contributed by atoms with Crippen molar-refractivity contribution >= 4 is 11.6 Å². The third-order valence-electron chi connectivity index (χ3n) is 4.85. The lowest BCUT2D eigenvalue weighted by Gasteiger charge is -2.35. The number of amides is 1. The van der Waals surface area contributed by atoms with Crippen molar-refractivity contribution < 1.29 is 4.79 Å². The summed E-state index contributed by atoms with van der Waals surface area (Å²) < 4.78 is 0. The lowest BCUT2D eigenvalue weighted by atomic mass is 9.99. The van der Waals surface area contributed by atoms with Gasteiger partial charge in [-0.2, -0.15) is 0 Å². The number of hydrogen-bond acceptors (Lipinski definition) is 3. The van der Waals surface area contributed by atoms with Crippen LogP contribution < -0.4 is 15.5 Å². The van der Waals surface area contributed by atoms with Gasteiger partial charge >= 0.3 is 0 Å². The molecule has 0 saturated carbocycles. The van der Waals surface area contributed by atoms with Crippen molar-refractivity contribution in [1.82, 2.24) is 10.6 Å². The lowest BCUT2D eigenvalue weighted by molar-refractivity contribution is -0.119. The average Bonchev–Trinajstić information content (AvgIpc) is 2.79. The van der Waals surface area contributed by atoms with Crippen LogP contribution in [0.5, 0.6) is 0 Å². The number of hydrogen-bond donors (Lipinski definition) is 2. The molecule has 0 aliphatic carbocycles. The Bertz CT molecular complexity index is 537. The van der Waals surface area contributed by atoms with Crippen LogP contribution in [-0.2, 0) is 17.6 Å². The van der Waals surface area contributed by atoms with Gasteiger partial charge in [-0.1, -0.05) is 18.2 Å². The first-order valence-electron chi connectivity index (χ1n) is 7.71. The highest BCUT2D eigenvalue weighted by Crippen LogP contribution is 2.39. The highest BCUT2D eigenvalue weighted by atomic mass is 16.2. The number of benzene rings is 1. The Hall–Kier alpha value is -1.39. The third-order valence-corrected chi connectivity index (χ3v) is 4.85. The molecule has 2 N–H and O–H groups in total. The molecule has 1 saturated heterocycles. The van der Waals surface area contributed by atoms with Crippen LogP contribution in [0.4, 0.5) is 5.69 Å². The molecule has 1 aromatic rings. The van der Waals surface area contributed by atoms with Gasteiger partial charge in [0, 0.05) is 32.1 Å². The molecular formula is C16H21N3O. The standard InChI is InChI=1S/C16H21N3O/c20-15-6-2-4-11-3-1-5-12-9-14(19(15)16(11)12)13-10-17-7-8-18-13/h1,3,5,13-14,17-18H,2,4,6-10H2. The van der Waals surface area contributed by atoms with E-state index < -0.39 is 0 Å². The summed E-state index contributed by atoms with van der Waals surface area (Å²) in [5.74, 6) is 0.311. The number of carbonyl (C=O) groups excluding carboxylic acids is 1. The van der Waals surface area contributed by atoms with E-state index in [2.05, 4.69) is 33.7 Å². The minimum Gasteiger partial charge on any atom is -0.314 e. The van der Waals surface area contributed by atoms with Crippen molar-refractivity contribution in [1.29, 1.82) is 0 Å². The van der Waals surface area contributed by atoms with Gasteiger partial charge in [0.25, 0.3) is 0 Å². The highest BCUT2D eigenvalue weighted by molar-refractivity contribution is 5.98. The van der Waals surface area contributed by atoms with Crippen LogP contribution in [0, 0.1) is 0 Å². The SMILES string of the molecule is O=C1CCCc2cccc3c2N1C(C1CNCCN1)C3. The van der Waals surface area contributed by atoms with Crippen molar-refractivity contribution in [3.05, 3.63) is 29.3 Å². The molecule has 2 atom stereocenters. The molecule has 3 aliphatic heterocycles. The molecule has 1 aromatic carbocycles. The van der Waals surface area contributed by atoms with Gasteiger partial charge in [0.05, 0.1) is 11.7 Å². The Balaban J connectivity index is 1.74. The molecule has 4 heteroatoms. The number of aryl methyl sites for hydroxylation is 1. The number of carbonyl (C=O) groups is 1. The molecule has 1 amide bonds. The Morgan fingerprint density at radius 2 is 2.05 bits per heavy atom. The van der Waals surface area contributed by atoms with Crippen molar-refractivity contribution in [2.24, 2.45) is 0 Å². The van der Waals surface area contributed by atoms with E-state index in [-0.39, 0.29) is 6.04 Å². The molecule has 106 valence electrons. The minimum absolute atomic E-state index is 0.282. The van der Waals surface area contributed by atoms with Gasteiger partial charge < -0.3 is 15.5 Å². The van der Waals surface area contributed by atoms with Crippen molar-refractivity contribution in [3.8, 4) is 0 Å². The third kappa shape index (κ3) is 1.86. The second-order valence-corrected chi connectivity index (χ2v) is 6.08. The predicted octanol–water partition coefficient (Wildman–Crippen LogP) is 0.842. The maximum Gasteiger partial charge on any atom is 0.227 e. The van der Waals surface area contributed by atoms with Gasteiger partial charge in [-0.05, 0) is 30.4 Å². The largest absolute Gasteiger partial charge is 0.314 e. The summed E-state index contributed by atoms with van der Waals surface area (Å²) in [5.41, 5.74) is 3.95. The zero-order chi connectivity index (χ0) is 13.5. The van der Waals surface area contributed by atoms with Crippen LogP contribution in [0.25, 0.3) is 0 Å². The molecule has 3 heterocycles. The lowest BCUT2D eigenvalue weighted by Crippen LogP contribution is -2.59. The first-order chi connectivity index (χ1) is 9.84. The summed E-state index contributed by atoms with van der Waals surface area (Å²) in [6, 6.07) is 7.19. The van der Waals surface area contributed by atoms with Gasteiger partial charge in [0.2, 0.25) is 5.91 Å². The summed E-state index contributed by atoms with van der Waals surface area (Å²) in [6.45, 7) is 2.97. The number of piperazine rings is 1. The molecule has 0 radical (unpaired) electrons. The van der Waals surface area contributed by atoms with Gasteiger partial charge in [0.1, 0.15) is 0 Å². The summed E-state index contributed by atoms with van der Waals surface area (Å²) in [5, 5.41) is 7.03. The van der Waals surface area contributed by atoms with Crippen LogP contribution in [-0.4, -0.2) is 37.6 Å². The second kappa shape index (κ2) is 4.86. The van der Waals surface area contributed by atoms with Crippen molar-refractivity contribution in [3.63, 3.8) is 0 Å². The molecule has 0 spiro atoms. The van der Waals surface area contributed by atoms with Crippen LogP contribution in [0.3, 0.4) is 0 Å². The smallest absolute Gasteiger partial charge is 0.227 e. The van der Waals surface area contributed by atoms with E-state index in [4.69, 9.17) is 0 Å². The number of anilines is 1. The molecule has 0 aromatic heterocycles. The Morgan fingerprint density at radius 1 is 1.15 bits per heavy atom. The molecule has 4 nitrogen and oxygen atoms in total. The molecule has 3 aliphatic rings. The van der Waals surface area contributed by atoms with E-state index in [9.17, 15) is 4.79 Å². The normalized spacial score (nSPS) is 29.2. The minimum atomic E-state index is 0.282. The van der Waals surface area contributed by atoms with Crippen LogP contribution in [0.2, 0.25) is 0 Å². The number of para-hydroxylation sites is 1. The number of nitrogens with one attached hydrogen (secondary N) is 2. The fraction of sp³-hybridized carbons (Fsp3) is 0.562. The van der Waals surface area contributed by atoms with E-state index in [0.717, 1.165) is 38.9 Å². The Kier molecular flexibility index (Phi) is 3.00. The maximum atomic E-state index is 12.6. The van der Waals surface area contributed by atoms with E-state index in [1.807, 2.05) is 0 Å². The van der Waals surface area contributed by atoms with E-state index in [1.165, 1.54) is 16.8 Å². The van der Waals surface area contributed by atoms with Crippen LogP contribution >= 0.6 is 0 Å². The first kappa shape index (κ1) is 12.4. The topological polar surface area (TPSA) is 44.4 Å². The van der Waals surface area contributed by atoms with Crippen molar-refractivity contribution in [2.45, 2.75) is 37.8 Å². The van der Waals surface area contributed by atoms with E-state index >= 15 is 0 Å². The number of nitrogens with zero attached hydrogens (tertiary/aromatic N) is 1. The van der Waals surface area contributed by atoms with Crippen LogP contribution in [0.15, 0.2) is 18.2 Å². The molecule has 0 bridgehead atoms. The molecular weight excluding hydrogens is 250 g/mol. The second-order valence-electron chi connectivity index (χ2n) is 6.08. The molecule has 1 fully saturated rings. The molecule has 20 heavy (non-hydrogen) atoms.